The van der Waals surface area contributed by atoms with Crippen molar-refractivity contribution in [2.45, 2.75) is 39.8 Å². The summed E-state index contributed by atoms with van der Waals surface area (Å²) < 4.78 is 5.70. The van der Waals surface area contributed by atoms with Crippen LogP contribution in [0.3, 0.4) is 0 Å². The summed E-state index contributed by atoms with van der Waals surface area (Å²) in [5, 5.41) is 6.69. The Morgan fingerprint density at radius 1 is 1.11 bits per heavy atom. The molecule has 6 heteroatoms. The minimum Gasteiger partial charge on any atom is -0.494 e. The predicted octanol–water partition coefficient (Wildman–Crippen LogP) is 3.34. The Labute approximate surface area is 168 Å². The first-order valence-electron chi connectivity index (χ1n) is 10.2. The molecule has 2 aromatic rings. The van der Waals surface area contributed by atoms with Crippen molar-refractivity contribution in [3.63, 3.8) is 0 Å². The maximum atomic E-state index is 5.70. The highest BCUT2D eigenvalue weighted by Crippen LogP contribution is 2.18. The molecule has 1 saturated heterocycles. The Morgan fingerprint density at radius 2 is 1.93 bits per heavy atom. The van der Waals surface area contributed by atoms with E-state index in [2.05, 4.69) is 45.6 Å². The van der Waals surface area contributed by atoms with Crippen LogP contribution in [0.4, 0.5) is 5.82 Å². The lowest BCUT2D eigenvalue weighted by Gasteiger charge is -2.16. The fraction of sp³-hybridized carbons (Fsp3) is 0.455. The van der Waals surface area contributed by atoms with Gasteiger partial charge in [-0.3, -0.25) is 0 Å². The number of hydrogen-bond donors (Lipinski definition) is 2. The quantitative estimate of drug-likeness (QED) is 0.542. The summed E-state index contributed by atoms with van der Waals surface area (Å²) in [5.41, 5.74) is 2.22. The number of para-hydroxylation sites is 1. The number of nitrogens with one attached hydrogen (secondary N) is 2. The average Bonchev–Trinajstić information content (AvgIpc) is 3.26. The van der Waals surface area contributed by atoms with Gasteiger partial charge in [-0.2, -0.15) is 0 Å². The van der Waals surface area contributed by atoms with Gasteiger partial charge >= 0.3 is 0 Å². The molecule has 1 fully saturated rings. The van der Waals surface area contributed by atoms with Crippen LogP contribution in [-0.2, 0) is 13.1 Å². The standard InChI is InChI=1S/C22H31N5O/c1-3-23-22(26-17-19-9-5-6-10-20(19)28-4-2)25-16-18-11-12-21(24-15-18)27-13-7-8-14-27/h5-6,9-12,15H,3-4,7-8,13-14,16-17H2,1-2H3,(H2,23,25,26). The van der Waals surface area contributed by atoms with Gasteiger partial charge in [0.25, 0.3) is 0 Å². The van der Waals surface area contributed by atoms with Crippen LogP contribution in [0.15, 0.2) is 47.6 Å². The maximum absolute atomic E-state index is 5.70. The van der Waals surface area contributed by atoms with Gasteiger partial charge in [-0.15, -0.1) is 0 Å². The number of hydrogen-bond acceptors (Lipinski definition) is 4. The summed E-state index contributed by atoms with van der Waals surface area (Å²) in [4.78, 5) is 11.7. The molecule has 0 amide bonds. The van der Waals surface area contributed by atoms with E-state index >= 15 is 0 Å². The third-order valence-electron chi connectivity index (χ3n) is 4.72. The van der Waals surface area contributed by atoms with Crippen molar-refractivity contribution in [3.05, 3.63) is 53.7 Å². The molecule has 0 bridgehead atoms. The van der Waals surface area contributed by atoms with Crippen LogP contribution < -0.4 is 20.3 Å². The summed E-state index contributed by atoms with van der Waals surface area (Å²) in [6.45, 7) is 9.02. The Balaban J connectivity index is 1.59. The highest BCUT2D eigenvalue weighted by molar-refractivity contribution is 5.79. The van der Waals surface area contributed by atoms with Gasteiger partial charge in [-0.1, -0.05) is 24.3 Å². The van der Waals surface area contributed by atoms with E-state index in [-0.39, 0.29) is 0 Å². The number of anilines is 1. The van der Waals surface area contributed by atoms with Gasteiger partial charge in [0.15, 0.2) is 5.96 Å². The van der Waals surface area contributed by atoms with Crippen molar-refractivity contribution in [2.75, 3.05) is 31.1 Å². The monoisotopic (exact) mass is 381 g/mol. The molecule has 0 saturated carbocycles. The van der Waals surface area contributed by atoms with Gasteiger partial charge in [0.1, 0.15) is 11.6 Å². The highest BCUT2D eigenvalue weighted by Gasteiger charge is 2.12. The lowest BCUT2D eigenvalue weighted by atomic mass is 10.2. The van der Waals surface area contributed by atoms with Crippen LogP contribution in [0.25, 0.3) is 0 Å². The lowest BCUT2D eigenvalue weighted by molar-refractivity contribution is 0.336. The molecule has 0 atom stereocenters. The SMILES string of the molecule is CCNC(=NCc1ccc(N2CCCC2)nc1)NCc1ccccc1OCC. The topological polar surface area (TPSA) is 61.8 Å². The number of aromatic nitrogens is 1. The fourth-order valence-electron chi connectivity index (χ4n) is 3.28. The molecule has 2 N–H and O–H groups in total. The van der Waals surface area contributed by atoms with Crippen molar-refractivity contribution >= 4 is 11.8 Å². The van der Waals surface area contributed by atoms with Gasteiger partial charge in [-0.25, -0.2) is 9.98 Å². The van der Waals surface area contributed by atoms with Crippen molar-refractivity contribution in [3.8, 4) is 5.75 Å². The summed E-state index contributed by atoms with van der Waals surface area (Å²) in [5.74, 6) is 2.77. The van der Waals surface area contributed by atoms with Crippen LogP contribution in [0, 0.1) is 0 Å². The Kier molecular flexibility index (Phi) is 7.53. The van der Waals surface area contributed by atoms with E-state index in [9.17, 15) is 0 Å². The van der Waals surface area contributed by atoms with E-state index in [0.29, 0.717) is 19.7 Å². The summed E-state index contributed by atoms with van der Waals surface area (Å²) in [6, 6.07) is 12.3. The van der Waals surface area contributed by atoms with Crippen molar-refractivity contribution in [1.29, 1.82) is 0 Å². The summed E-state index contributed by atoms with van der Waals surface area (Å²) in [7, 11) is 0. The smallest absolute Gasteiger partial charge is 0.191 e. The minimum absolute atomic E-state index is 0.593. The largest absolute Gasteiger partial charge is 0.494 e. The van der Waals surface area contributed by atoms with E-state index < -0.39 is 0 Å². The Hall–Kier alpha value is -2.76. The molecular weight excluding hydrogens is 350 g/mol. The normalized spacial score (nSPS) is 14.2. The molecule has 2 heterocycles. The van der Waals surface area contributed by atoms with E-state index in [1.807, 2.05) is 31.3 Å². The number of nitrogens with zero attached hydrogens (tertiary/aromatic N) is 3. The Bertz CT molecular complexity index is 754. The summed E-state index contributed by atoms with van der Waals surface area (Å²) >= 11 is 0. The van der Waals surface area contributed by atoms with E-state index in [4.69, 9.17) is 9.73 Å². The van der Waals surface area contributed by atoms with Gasteiger partial charge in [0.2, 0.25) is 0 Å². The fourth-order valence-corrected chi connectivity index (χ4v) is 3.28. The first-order valence-corrected chi connectivity index (χ1v) is 10.2. The zero-order chi connectivity index (χ0) is 19.6. The van der Waals surface area contributed by atoms with Gasteiger partial charge in [-0.05, 0) is 44.4 Å². The molecule has 0 radical (unpaired) electrons. The maximum Gasteiger partial charge on any atom is 0.191 e. The number of pyridine rings is 1. The first kappa shape index (κ1) is 20.0. The third kappa shape index (κ3) is 5.62. The third-order valence-corrected chi connectivity index (χ3v) is 4.72. The van der Waals surface area contributed by atoms with Crippen LogP contribution in [0.5, 0.6) is 5.75 Å². The molecule has 1 aliphatic heterocycles. The molecule has 3 rings (SSSR count). The average molecular weight is 382 g/mol. The van der Waals surface area contributed by atoms with Crippen LogP contribution in [-0.4, -0.2) is 37.2 Å². The summed E-state index contributed by atoms with van der Waals surface area (Å²) in [6.07, 6.45) is 4.46. The number of guanidine groups is 1. The lowest BCUT2D eigenvalue weighted by Crippen LogP contribution is -2.36. The molecule has 0 aliphatic carbocycles. The van der Waals surface area contributed by atoms with Crippen molar-refractivity contribution in [1.82, 2.24) is 15.6 Å². The van der Waals surface area contributed by atoms with Crippen LogP contribution in [0.2, 0.25) is 0 Å². The molecule has 150 valence electrons. The number of rotatable bonds is 8. The molecule has 0 unspecified atom stereocenters. The van der Waals surface area contributed by atoms with E-state index in [0.717, 1.165) is 48.3 Å². The minimum atomic E-state index is 0.593. The van der Waals surface area contributed by atoms with Gasteiger partial charge in [0, 0.05) is 37.9 Å². The van der Waals surface area contributed by atoms with Crippen LogP contribution >= 0.6 is 0 Å². The first-order chi connectivity index (χ1) is 13.8. The van der Waals surface area contributed by atoms with Gasteiger partial charge in [0.05, 0.1) is 13.2 Å². The predicted molar refractivity (Wildman–Crippen MR) is 115 cm³/mol. The molecular formula is C22H31N5O. The number of benzene rings is 1. The van der Waals surface area contributed by atoms with Crippen LogP contribution in [0.1, 0.15) is 37.8 Å². The molecule has 6 nitrogen and oxygen atoms in total. The zero-order valence-electron chi connectivity index (χ0n) is 16.9. The molecule has 28 heavy (non-hydrogen) atoms. The second kappa shape index (κ2) is 10.5. The number of ether oxygens (including phenoxy) is 1. The molecule has 1 aromatic carbocycles. The van der Waals surface area contributed by atoms with Crippen molar-refractivity contribution < 1.29 is 4.74 Å². The molecule has 1 aromatic heterocycles. The van der Waals surface area contributed by atoms with Gasteiger partial charge < -0.3 is 20.3 Å². The molecule has 1 aliphatic rings. The van der Waals surface area contributed by atoms with E-state index in [1.165, 1.54) is 12.8 Å². The second-order valence-corrected chi connectivity index (χ2v) is 6.81. The van der Waals surface area contributed by atoms with Crippen molar-refractivity contribution in [2.24, 2.45) is 4.99 Å². The Morgan fingerprint density at radius 3 is 2.64 bits per heavy atom. The zero-order valence-corrected chi connectivity index (χ0v) is 16.9. The second-order valence-electron chi connectivity index (χ2n) is 6.81. The number of aliphatic imine (C=N–C) groups is 1. The van der Waals surface area contributed by atoms with E-state index in [1.54, 1.807) is 0 Å². The highest BCUT2D eigenvalue weighted by atomic mass is 16.5. The molecule has 0 spiro atoms.